The van der Waals surface area contributed by atoms with E-state index in [2.05, 4.69) is 4.74 Å². The van der Waals surface area contributed by atoms with Crippen LogP contribution in [0.2, 0.25) is 0 Å². The summed E-state index contributed by atoms with van der Waals surface area (Å²) in [7, 11) is 1.39. The van der Waals surface area contributed by atoms with Gasteiger partial charge < -0.3 is 4.74 Å². The van der Waals surface area contributed by atoms with Gasteiger partial charge in [0.25, 0.3) is 0 Å². The van der Waals surface area contributed by atoms with Gasteiger partial charge in [0.05, 0.1) is 13.0 Å². The van der Waals surface area contributed by atoms with Crippen LogP contribution in [0.5, 0.6) is 0 Å². The van der Waals surface area contributed by atoms with Crippen LogP contribution in [0.25, 0.3) is 0 Å². The summed E-state index contributed by atoms with van der Waals surface area (Å²) in [4.78, 5) is 10.3. The van der Waals surface area contributed by atoms with Gasteiger partial charge in [-0.2, -0.15) is 0 Å². The predicted octanol–water partition coefficient (Wildman–Crippen LogP) is 0.167. The van der Waals surface area contributed by atoms with Gasteiger partial charge in [-0.1, -0.05) is 13.8 Å². The zero-order valence-corrected chi connectivity index (χ0v) is 4.89. The van der Waals surface area contributed by atoms with Gasteiger partial charge in [0.15, 0.2) is 0 Å². The van der Waals surface area contributed by atoms with E-state index in [1.54, 1.807) is 13.8 Å². The van der Waals surface area contributed by atoms with Gasteiger partial charge in [0, 0.05) is 0 Å². The second kappa shape index (κ2) is 5.60. The summed E-state index contributed by atoms with van der Waals surface area (Å²) in [5.74, 6) is -0.148. The Morgan fingerprint density at radius 2 is 1.88 bits per heavy atom. The molecule has 0 aromatic rings. The number of carbonyl (C=O) groups excluding carboxylic acids is 1. The normalized spacial score (nSPS) is 8.00. The van der Waals surface area contributed by atoms with E-state index >= 15 is 0 Å². The molecule has 0 atom stereocenters. The number of esters is 1. The van der Waals surface area contributed by atoms with Gasteiger partial charge in [-0.15, -0.1) is 0 Å². The standard InChI is InChI=1S/C5H10O2.Na.H/c1-4(2)5(6)7-3;;/h4H,1-3H3;;. The molecule has 8 heavy (non-hydrogen) atoms. The Bertz CT molecular complexity index is 70.8. The number of carbonyl (C=O) groups is 1. The Morgan fingerprint density at radius 3 is 1.88 bits per heavy atom. The summed E-state index contributed by atoms with van der Waals surface area (Å²) >= 11 is 0. The molecule has 0 aliphatic rings. The first kappa shape index (κ1) is 11.3. The average Bonchev–Trinajstić information content (AvgIpc) is 1.65. The maximum absolute atomic E-state index is 10.3. The molecular weight excluding hydrogens is 115 g/mol. The third-order valence-electron chi connectivity index (χ3n) is 0.673. The zero-order chi connectivity index (χ0) is 5.86. The van der Waals surface area contributed by atoms with Crippen molar-refractivity contribution in [3.8, 4) is 0 Å². The molecule has 0 N–H and O–H groups in total. The molecule has 2 nitrogen and oxygen atoms in total. The summed E-state index contributed by atoms with van der Waals surface area (Å²) in [6, 6.07) is 0. The van der Waals surface area contributed by atoms with Crippen LogP contribution in [0.3, 0.4) is 0 Å². The molecule has 3 heteroatoms. The predicted molar refractivity (Wildman–Crippen MR) is 34.0 cm³/mol. The summed E-state index contributed by atoms with van der Waals surface area (Å²) in [6.45, 7) is 3.59. The van der Waals surface area contributed by atoms with Crippen LogP contribution in [-0.4, -0.2) is 42.6 Å². The zero-order valence-electron chi connectivity index (χ0n) is 4.89. The van der Waals surface area contributed by atoms with Gasteiger partial charge in [-0.05, 0) is 0 Å². The Morgan fingerprint density at radius 1 is 1.50 bits per heavy atom. The van der Waals surface area contributed by atoms with Crippen LogP contribution in [-0.2, 0) is 9.53 Å². The molecule has 0 aromatic heterocycles. The van der Waals surface area contributed by atoms with Gasteiger partial charge in [0.2, 0.25) is 0 Å². The Labute approximate surface area is 71.9 Å². The first-order valence-corrected chi connectivity index (χ1v) is 2.26. The Kier molecular flexibility index (Phi) is 7.91. The molecule has 0 heterocycles. The summed E-state index contributed by atoms with van der Waals surface area (Å²) in [5.41, 5.74) is 0. The molecule has 0 saturated carbocycles. The second-order valence-electron chi connectivity index (χ2n) is 1.68. The molecule has 0 amide bonds. The van der Waals surface area contributed by atoms with E-state index in [0.29, 0.717) is 0 Å². The fraction of sp³-hybridized carbons (Fsp3) is 0.800. The van der Waals surface area contributed by atoms with E-state index < -0.39 is 0 Å². The molecule has 0 aliphatic carbocycles. The van der Waals surface area contributed by atoms with E-state index in [9.17, 15) is 4.79 Å². The first-order chi connectivity index (χ1) is 3.18. The maximum atomic E-state index is 10.3. The molecule has 0 radical (unpaired) electrons. The minimum absolute atomic E-state index is 0. The number of rotatable bonds is 1. The number of hydrogen-bond acceptors (Lipinski definition) is 2. The summed E-state index contributed by atoms with van der Waals surface area (Å²) in [6.07, 6.45) is 0. The first-order valence-electron chi connectivity index (χ1n) is 2.26. The van der Waals surface area contributed by atoms with E-state index in [4.69, 9.17) is 0 Å². The minimum atomic E-state index is -0.153. The van der Waals surface area contributed by atoms with Crippen LogP contribution in [0.1, 0.15) is 13.8 Å². The molecule has 0 unspecified atom stereocenters. The van der Waals surface area contributed by atoms with E-state index in [1.807, 2.05) is 0 Å². The molecular formula is C5H11NaO2. The van der Waals surface area contributed by atoms with Crippen LogP contribution in [0, 0.1) is 5.92 Å². The van der Waals surface area contributed by atoms with Crippen LogP contribution >= 0.6 is 0 Å². The molecule has 0 spiro atoms. The summed E-state index contributed by atoms with van der Waals surface area (Å²) < 4.78 is 4.37. The third-order valence-corrected chi connectivity index (χ3v) is 0.673. The van der Waals surface area contributed by atoms with Crippen molar-refractivity contribution in [3.05, 3.63) is 0 Å². The third kappa shape index (κ3) is 4.62. The average molecular weight is 126 g/mol. The molecule has 0 bridgehead atoms. The molecule has 0 saturated heterocycles. The molecule has 0 fully saturated rings. The quantitative estimate of drug-likeness (QED) is 0.369. The van der Waals surface area contributed by atoms with Crippen molar-refractivity contribution in [3.63, 3.8) is 0 Å². The number of ether oxygens (including phenoxy) is 1. The van der Waals surface area contributed by atoms with Gasteiger partial charge in [-0.3, -0.25) is 4.79 Å². The van der Waals surface area contributed by atoms with Crippen molar-refractivity contribution in [2.45, 2.75) is 13.8 Å². The van der Waals surface area contributed by atoms with Crippen molar-refractivity contribution in [2.24, 2.45) is 5.92 Å². The Balaban J connectivity index is 0. The fourth-order valence-electron chi connectivity index (χ4n) is 0.236. The van der Waals surface area contributed by atoms with E-state index in [0.717, 1.165) is 0 Å². The summed E-state index contributed by atoms with van der Waals surface area (Å²) in [5, 5.41) is 0. The van der Waals surface area contributed by atoms with Crippen molar-refractivity contribution in [1.29, 1.82) is 0 Å². The number of hydrogen-bond donors (Lipinski definition) is 0. The van der Waals surface area contributed by atoms with Crippen molar-refractivity contribution < 1.29 is 9.53 Å². The van der Waals surface area contributed by atoms with E-state index in [-0.39, 0.29) is 41.4 Å². The van der Waals surface area contributed by atoms with Gasteiger partial charge >= 0.3 is 35.5 Å². The molecule has 0 aliphatic heterocycles. The van der Waals surface area contributed by atoms with Crippen LogP contribution in [0.15, 0.2) is 0 Å². The monoisotopic (exact) mass is 126 g/mol. The van der Waals surface area contributed by atoms with Crippen molar-refractivity contribution in [1.82, 2.24) is 0 Å². The Hall–Kier alpha value is 0.470. The fourth-order valence-corrected chi connectivity index (χ4v) is 0.236. The number of methoxy groups -OCH3 is 1. The second-order valence-corrected chi connectivity index (χ2v) is 1.68. The topological polar surface area (TPSA) is 26.3 Å². The van der Waals surface area contributed by atoms with Crippen molar-refractivity contribution in [2.75, 3.05) is 7.11 Å². The molecule has 0 rings (SSSR count). The van der Waals surface area contributed by atoms with Gasteiger partial charge in [-0.25, -0.2) is 0 Å². The van der Waals surface area contributed by atoms with Crippen LogP contribution < -0.4 is 0 Å². The SMILES string of the molecule is COC(=O)C(C)C.[NaH]. The molecule has 0 aromatic carbocycles. The van der Waals surface area contributed by atoms with E-state index in [1.165, 1.54) is 7.11 Å². The van der Waals surface area contributed by atoms with Gasteiger partial charge in [0.1, 0.15) is 0 Å². The molecule has 44 valence electrons. The van der Waals surface area contributed by atoms with Crippen molar-refractivity contribution >= 4 is 35.5 Å². The van der Waals surface area contributed by atoms with Crippen LogP contribution in [0.4, 0.5) is 0 Å².